The van der Waals surface area contributed by atoms with Crippen molar-refractivity contribution in [2.75, 3.05) is 13.1 Å². The number of ketones is 1. The Labute approximate surface area is 86.5 Å². The number of rotatable bonds is 2. The maximum atomic E-state index is 12.1. The fourth-order valence-electron chi connectivity index (χ4n) is 2.92. The summed E-state index contributed by atoms with van der Waals surface area (Å²) in [4.78, 5) is 12.1. The van der Waals surface area contributed by atoms with E-state index in [1.807, 2.05) is 0 Å². The molecule has 0 spiro atoms. The number of carbonyl (C=O) groups excluding carboxylic acids is 1. The number of carbonyl (C=O) groups is 1. The van der Waals surface area contributed by atoms with Crippen molar-refractivity contribution in [1.29, 1.82) is 0 Å². The molecule has 1 aliphatic heterocycles. The molecule has 0 bridgehead atoms. The molecule has 2 unspecified atom stereocenters. The fourth-order valence-corrected chi connectivity index (χ4v) is 2.92. The molecule has 3 atom stereocenters. The van der Waals surface area contributed by atoms with Crippen LogP contribution in [0.25, 0.3) is 0 Å². The van der Waals surface area contributed by atoms with Crippen LogP contribution in [0.1, 0.15) is 39.0 Å². The summed E-state index contributed by atoms with van der Waals surface area (Å²) in [6, 6.07) is 0. The molecule has 80 valence electrons. The third kappa shape index (κ3) is 2.17. The molecule has 1 aliphatic carbocycles. The average molecular weight is 195 g/mol. The lowest BCUT2D eigenvalue weighted by Gasteiger charge is -2.27. The van der Waals surface area contributed by atoms with Gasteiger partial charge in [0.15, 0.2) is 0 Å². The largest absolute Gasteiger partial charge is 0.316 e. The quantitative estimate of drug-likeness (QED) is 0.730. The lowest BCUT2D eigenvalue weighted by Crippen LogP contribution is -2.29. The van der Waals surface area contributed by atoms with Crippen molar-refractivity contribution in [3.8, 4) is 0 Å². The Morgan fingerprint density at radius 2 is 2.07 bits per heavy atom. The van der Waals surface area contributed by atoms with Gasteiger partial charge < -0.3 is 5.32 Å². The molecule has 2 fully saturated rings. The van der Waals surface area contributed by atoms with E-state index in [4.69, 9.17) is 0 Å². The van der Waals surface area contributed by atoms with E-state index in [1.54, 1.807) is 0 Å². The smallest absolute Gasteiger partial charge is 0.140 e. The molecule has 1 N–H and O–H groups in total. The van der Waals surface area contributed by atoms with Crippen LogP contribution in [0.15, 0.2) is 0 Å². The Morgan fingerprint density at radius 3 is 2.71 bits per heavy atom. The zero-order valence-corrected chi connectivity index (χ0v) is 9.09. The number of hydrogen-bond donors (Lipinski definition) is 1. The third-order valence-electron chi connectivity index (χ3n) is 3.80. The van der Waals surface area contributed by atoms with Crippen molar-refractivity contribution in [1.82, 2.24) is 5.32 Å². The van der Waals surface area contributed by atoms with Gasteiger partial charge in [0, 0.05) is 18.4 Å². The van der Waals surface area contributed by atoms with Crippen LogP contribution >= 0.6 is 0 Å². The molecule has 2 aliphatic rings. The van der Waals surface area contributed by atoms with Crippen molar-refractivity contribution < 1.29 is 4.79 Å². The molecule has 0 aromatic heterocycles. The molecular formula is C12H21NO. The van der Waals surface area contributed by atoms with Crippen molar-refractivity contribution in [2.24, 2.45) is 17.8 Å². The summed E-state index contributed by atoms with van der Waals surface area (Å²) < 4.78 is 0. The summed E-state index contributed by atoms with van der Waals surface area (Å²) in [5.41, 5.74) is 0. The highest BCUT2D eigenvalue weighted by Gasteiger charge is 2.31. The Hall–Kier alpha value is -0.370. The van der Waals surface area contributed by atoms with E-state index < -0.39 is 0 Å². The van der Waals surface area contributed by atoms with Gasteiger partial charge in [-0.2, -0.15) is 0 Å². The third-order valence-corrected chi connectivity index (χ3v) is 3.80. The molecule has 0 aromatic carbocycles. The van der Waals surface area contributed by atoms with Gasteiger partial charge in [0.2, 0.25) is 0 Å². The summed E-state index contributed by atoms with van der Waals surface area (Å²) in [6.45, 7) is 4.26. The highest BCUT2D eigenvalue weighted by molar-refractivity contribution is 5.84. The molecular weight excluding hydrogens is 174 g/mol. The van der Waals surface area contributed by atoms with Crippen molar-refractivity contribution in [2.45, 2.75) is 39.0 Å². The fraction of sp³-hybridized carbons (Fsp3) is 0.917. The van der Waals surface area contributed by atoms with E-state index >= 15 is 0 Å². The summed E-state index contributed by atoms with van der Waals surface area (Å²) in [5, 5.41) is 3.28. The van der Waals surface area contributed by atoms with Crippen LogP contribution < -0.4 is 5.32 Å². The summed E-state index contributed by atoms with van der Waals surface area (Å²) in [5.74, 6) is 2.06. The molecule has 0 radical (unpaired) electrons. The number of Topliss-reactive ketones (excluding diaryl/α,β-unsaturated/α-hetero) is 1. The first-order valence-corrected chi connectivity index (χ1v) is 6.02. The Morgan fingerprint density at radius 1 is 1.21 bits per heavy atom. The van der Waals surface area contributed by atoms with Gasteiger partial charge in [-0.15, -0.1) is 0 Å². The second-order valence-corrected chi connectivity index (χ2v) is 5.06. The van der Waals surface area contributed by atoms with Crippen LogP contribution in [-0.2, 0) is 4.79 Å². The predicted octanol–water partition coefficient (Wildman–Crippen LogP) is 1.99. The highest BCUT2D eigenvalue weighted by Crippen LogP contribution is 2.31. The van der Waals surface area contributed by atoms with Crippen LogP contribution in [-0.4, -0.2) is 18.9 Å². The lowest BCUT2D eigenvalue weighted by molar-refractivity contribution is -0.127. The van der Waals surface area contributed by atoms with Crippen LogP contribution in [0, 0.1) is 17.8 Å². The lowest BCUT2D eigenvalue weighted by atomic mass is 9.77. The molecule has 14 heavy (non-hydrogen) atoms. The van der Waals surface area contributed by atoms with Crippen LogP contribution in [0.2, 0.25) is 0 Å². The number of hydrogen-bond acceptors (Lipinski definition) is 2. The molecule has 0 aromatic rings. The molecule has 0 amide bonds. The van der Waals surface area contributed by atoms with Crippen LogP contribution in [0.4, 0.5) is 0 Å². The maximum Gasteiger partial charge on any atom is 0.140 e. The summed E-state index contributed by atoms with van der Waals surface area (Å²) in [6.07, 6.45) is 5.96. The molecule has 2 nitrogen and oxygen atoms in total. The minimum absolute atomic E-state index is 0.338. The van der Waals surface area contributed by atoms with Gasteiger partial charge in [-0.3, -0.25) is 4.79 Å². The van der Waals surface area contributed by atoms with Gasteiger partial charge >= 0.3 is 0 Å². The van der Waals surface area contributed by atoms with Gasteiger partial charge in [0.1, 0.15) is 5.78 Å². The van der Waals surface area contributed by atoms with E-state index in [9.17, 15) is 4.79 Å². The van der Waals surface area contributed by atoms with Gasteiger partial charge in [-0.1, -0.05) is 19.8 Å². The van der Waals surface area contributed by atoms with Gasteiger partial charge in [-0.05, 0) is 31.7 Å². The van der Waals surface area contributed by atoms with Crippen molar-refractivity contribution >= 4 is 5.78 Å². The molecule has 1 saturated carbocycles. The number of nitrogens with one attached hydrogen (secondary N) is 1. The second kappa shape index (κ2) is 4.43. The zero-order chi connectivity index (χ0) is 9.97. The van der Waals surface area contributed by atoms with Crippen LogP contribution in [0.3, 0.4) is 0 Å². The molecule has 2 rings (SSSR count). The van der Waals surface area contributed by atoms with E-state index in [-0.39, 0.29) is 0 Å². The van der Waals surface area contributed by atoms with Crippen molar-refractivity contribution in [3.05, 3.63) is 0 Å². The Balaban J connectivity index is 1.89. The highest BCUT2D eigenvalue weighted by atomic mass is 16.1. The van der Waals surface area contributed by atoms with Crippen LogP contribution in [0.5, 0.6) is 0 Å². The molecule has 1 saturated heterocycles. The predicted molar refractivity (Wildman–Crippen MR) is 57.1 cm³/mol. The van der Waals surface area contributed by atoms with E-state index in [2.05, 4.69) is 12.2 Å². The Kier molecular flexibility index (Phi) is 3.22. The summed E-state index contributed by atoms with van der Waals surface area (Å²) in [7, 11) is 0. The Bertz CT molecular complexity index is 208. The van der Waals surface area contributed by atoms with Crippen molar-refractivity contribution in [3.63, 3.8) is 0 Å². The van der Waals surface area contributed by atoms with Gasteiger partial charge in [0.25, 0.3) is 0 Å². The van der Waals surface area contributed by atoms with E-state index in [0.29, 0.717) is 17.6 Å². The normalized spacial score (nSPS) is 38.5. The van der Waals surface area contributed by atoms with Gasteiger partial charge in [-0.25, -0.2) is 0 Å². The topological polar surface area (TPSA) is 29.1 Å². The minimum atomic E-state index is 0.338. The first-order chi connectivity index (χ1) is 6.77. The first-order valence-electron chi connectivity index (χ1n) is 6.02. The SMILES string of the molecule is CC1CCCC(C(=O)[C@@H]2CCNC2)C1. The molecule has 1 heterocycles. The first kappa shape index (κ1) is 10.2. The maximum absolute atomic E-state index is 12.1. The molecule has 2 heteroatoms. The second-order valence-electron chi connectivity index (χ2n) is 5.06. The van der Waals surface area contributed by atoms with Gasteiger partial charge in [0.05, 0.1) is 0 Å². The van der Waals surface area contributed by atoms with E-state index in [1.165, 1.54) is 12.8 Å². The van der Waals surface area contributed by atoms with E-state index in [0.717, 1.165) is 38.3 Å². The monoisotopic (exact) mass is 195 g/mol. The standard InChI is InChI=1S/C12H21NO/c1-9-3-2-4-10(7-9)12(14)11-5-6-13-8-11/h9-11,13H,2-8H2,1H3/t9?,10?,11-/m1/s1. The zero-order valence-electron chi connectivity index (χ0n) is 9.09. The minimum Gasteiger partial charge on any atom is -0.316 e. The summed E-state index contributed by atoms with van der Waals surface area (Å²) >= 11 is 0. The average Bonchev–Trinajstić information content (AvgIpc) is 2.69.